The molecule has 4 atom stereocenters. The summed E-state index contributed by atoms with van der Waals surface area (Å²) in [5.74, 6) is -0.0997. The van der Waals surface area contributed by atoms with E-state index in [4.69, 9.17) is 23.2 Å². The van der Waals surface area contributed by atoms with Gasteiger partial charge in [0, 0.05) is 11.8 Å². The summed E-state index contributed by atoms with van der Waals surface area (Å²) in [6, 6.07) is 0. The van der Waals surface area contributed by atoms with Gasteiger partial charge in [-0.1, -0.05) is 77.4 Å². The van der Waals surface area contributed by atoms with Crippen molar-refractivity contribution in [1.29, 1.82) is 0 Å². The predicted molar refractivity (Wildman–Crippen MR) is 107 cm³/mol. The summed E-state index contributed by atoms with van der Waals surface area (Å²) in [6.45, 7) is 4.37. The average Bonchev–Trinajstić information content (AvgIpc) is 2.58. The molecule has 0 N–H and O–H groups in total. The van der Waals surface area contributed by atoms with Crippen LogP contribution in [0.3, 0.4) is 0 Å². The van der Waals surface area contributed by atoms with Crippen molar-refractivity contribution in [2.24, 2.45) is 23.7 Å². The first-order valence-electron chi connectivity index (χ1n) is 10.1. The molecule has 0 amide bonds. The van der Waals surface area contributed by atoms with E-state index in [1.165, 1.54) is 32.1 Å². The molecule has 4 heteroatoms. The highest BCUT2D eigenvalue weighted by atomic mass is 35.5. The molecule has 0 bridgehead atoms. The minimum atomic E-state index is -0.270. The molecule has 25 heavy (non-hydrogen) atoms. The van der Waals surface area contributed by atoms with Crippen LogP contribution in [0.5, 0.6) is 0 Å². The Labute approximate surface area is 163 Å². The van der Waals surface area contributed by atoms with E-state index in [1.54, 1.807) is 0 Å². The lowest BCUT2D eigenvalue weighted by Gasteiger charge is -2.32. The number of hydrogen-bond donors (Lipinski definition) is 0. The second-order valence-electron chi connectivity index (χ2n) is 7.47. The molecule has 2 nitrogen and oxygen atoms in total. The third-order valence-electron chi connectivity index (χ3n) is 5.51. The van der Waals surface area contributed by atoms with Crippen molar-refractivity contribution in [1.82, 2.24) is 0 Å². The zero-order valence-corrected chi connectivity index (χ0v) is 17.3. The lowest BCUT2D eigenvalue weighted by atomic mass is 9.72. The van der Waals surface area contributed by atoms with E-state index in [1.807, 2.05) is 0 Å². The fourth-order valence-electron chi connectivity index (χ4n) is 3.92. The summed E-state index contributed by atoms with van der Waals surface area (Å²) in [7, 11) is 0. The van der Waals surface area contributed by atoms with Crippen molar-refractivity contribution in [3.05, 3.63) is 12.2 Å². The third-order valence-corrected chi connectivity index (χ3v) is 6.07. The van der Waals surface area contributed by atoms with Crippen LogP contribution >= 0.6 is 23.2 Å². The van der Waals surface area contributed by atoms with Crippen LogP contribution in [-0.4, -0.2) is 10.5 Å². The van der Waals surface area contributed by atoms with Crippen molar-refractivity contribution < 1.29 is 9.59 Å². The molecule has 1 rings (SSSR count). The van der Waals surface area contributed by atoms with Gasteiger partial charge in [0.1, 0.15) is 0 Å². The number of rotatable bonds is 13. The molecule has 0 spiro atoms. The molecule has 4 unspecified atom stereocenters. The summed E-state index contributed by atoms with van der Waals surface area (Å²) >= 11 is 11.8. The Bertz CT molecular complexity index is 434. The number of hydrogen-bond acceptors (Lipinski definition) is 2. The van der Waals surface area contributed by atoms with E-state index >= 15 is 0 Å². The lowest BCUT2D eigenvalue weighted by Crippen LogP contribution is -2.30. The van der Waals surface area contributed by atoms with E-state index in [9.17, 15) is 9.59 Å². The molecule has 0 saturated heterocycles. The topological polar surface area (TPSA) is 34.1 Å². The van der Waals surface area contributed by atoms with Gasteiger partial charge < -0.3 is 0 Å². The quantitative estimate of drug-likeness (QED) is 0.195. The Kier molecular flexibility index (Phi) is 11.7. The smallest absolute Gasteiger partial charge is 0.225 e. The molecule has 144 valence electrons. The average molecular weight is 389 g/mol. The maximum absolute atomic E-state index is 11.9. The largest absolute Gasteiger partial charge is 0.281 e. The predicted octanol–water partition coefficient (Wildman–Crippen LogP) is 6.88. The van der Waals surface area contributed by atoms with E-state index < -0.39 is 0 Å². The minimum Gasteiger partial charge on any atom is -0.281 e. The van der Waals surface area contributed by atoms with E-state index in [0.29, 0.717) is 6.42 Å². The first-order valence-corrected chi connectivity index (χ1v) is 10.8. The van der Waals surface area contributed by atoms with Crippen molar-refractivity contribution >= 4 is 33.7 Å². The van der Waals surface area contributed by atoms with Crippen molar-refractivity contribution in [3.63, 3.8) is 0 Å². The fourth-order valence-corrected chi connectivity index (χ4v) is 4.44. The monoisotopic (exact) mass is 388 g/mol. The summed E-state index contributed by atoms with van der Waals surface area (Å²) in [5.41, 5.74) is 0. The Morgan fingerprint density at radius 3 is 2.16 bits per heavy atom. The highest BCUT2D eigenvalue weighted by molar-refractivity contribution is 6.64. The van der Waals surface area contributed by atoms with Gasteiger partial charge in [0.15, 0.2) is 0 Å². The third kappa shape index (κ3) is 8.26. The Morgan fingerprint density at radius 1 is 0.960 bits per heavy atom. The molecule has 1 aliphatic carbocycles. The van der Waals surface area contributed by atoms with E-state index in [0.717, 1.165) is 32.1 Å². The van der Waals surface area contributed by atoms with Gasteiger partial charge in [-0.3, -0.25) is 9.59 Å². The van der Waals surface area contributed by atoms with Crippen LogP contribution in [-0.2, 0) is 9.59 Å². The van der Waals surface area contributed by atoms with Crippen molar-refractivity contribution in [2.75, 3.05) is 0 Å². The zero-order chi connectivity index (χ0) is 18.7. The summed E-state index contributed by atoms with van der Waals surface area (Å²) < 4.78 is 0. The van der Waals surface area contributed by atoms with Gasteiger partial charge in [-0.05, 0) is 54.3 Å². The molecule has 0 aromatic carbocycles. The molecule has 0 saturated carbocycles. The van der Waals surface area contributed by atoms with Gasteiger partial charge in [0.05, 0.1) is 0 Å². The van der Waals surface area contributed by atoms with Gasteiger partial charge in [-0.2, -0.15) is 0 Å². The zero-order valence-electron chi connectivity index (χ0n) is 15.8. The molecule has 0 radical (unpaired) electrons. The summed E-state index contributed by atoms with van der Waals surface area (Å²) in [4.78, 5) is 23.9. The van der Waals surface area contributed by atoms with Crippen LogP contribution in [0.25, 0.3) is 0 Å². The Hall–Kier alpha value is -0.340. The van der Waals surface area contributed by atoms with E-state index in [-0.39, 0.29) is 34.2 Å². The molecule has 0 heterocycles. The van der Waals surface area contributed by atoms with Gasteiger partial charge in [-0.25, -0.2) is 0 Å². The van der Waals surface area contributed by atoms with Crippen molar-refractivity contribution in [3.8, 4) is 0 Å². The molecular weight excluding hydrogens is 355 g/mol. The molecule has 0 aromatic heterocycles. The van der Waals surface area contributed by atoms with Crippen LogP contribution in [0.1, 0.15) is 84.5 Å². The number of unbranched alkanes of at least 4 members (excludes halogenated alkanes) is 6. The second kappa shape index (κ2) is 12.9. The first-order chi connectivity index (χ1) is 12.0. The fraction of sp³-hybridized carbons (Fsp3) is 0.810. The second-order valence-corrected chi connectivity index (χ2v) is 8.21. The lowest BCUT2D eigenvalue weighted by molar-refractivity contribution is -0.120. The van der Waals surface area contributed by atoms with Gasteiger partial charge in [0.25, 0.3) is 0 Å². The molecule has 1 aliphatic rings. The van der Waals surface area contributed by atoms with Crippen LogP contribution in [0.15, 0.2) is 12.2 Å². The first kappa shape index (κ1) is 22.7. The highest BCUT2D eigenvalue weighted by Crippen LogP contribution is 2.38. The van der Waals surface area contributed by atoms with Crippen LogP contribution in [0.4, 0.5) is 0 Å². The highest BCUT2D eigenvalue weighted by Gasteiger charge is 2.35. The minimum absolute atomic E-state index is 0.0474. The van der Waals surface area contributed by atoms with Crippen LogP contribution in [0.2, 0.25) is 0 Å². The van der Waals surface area contributed by atoms with Crippen LogP contribution < -0.4 is 0 Å². The number of carbonyl (C=O) groups is 2. The number of allylic oxidation sites excluding steroid dienone is 2. The van der Waals surface area contributed by atoms with E-state index in [2.05, 4.69) is 26.0 Å². The van der Waals surface area contributed by atoms with Gasteiger partial charge >= 0.3 is 0 Å². The maximum atomic E-state index is 11.9. The molecular formula is C21H34Cl2O2. The molecule has 0 aliphatic heterocycles. The molecule has 0 fully saturated rings. The Balaban J connectivity index is 2.67. The Morgan fingerprint density at radius 2 is 1.60 bits per heavy atom. The SMILES string of the molecule is CCCCCCC1C=CC(C(CCCCCC)C(=O)Cl)CC1C(=O)Cl. The number of carbonyl (C=O) groups excluding carboxylic acids is 2. The van der Waals surface area contributed by atoms with Gasteiger partial charge in [0.2, 0.25) is 10.5 Å². The normalized spacial score (nSPS) is 24.2. The van der Waals surface area contributed by atoms with Crippen LogP contribution in [0, 0.1) is 23.7 Å². The summed E-state index contributed by atoms with van der Waals surface area (Å²) in [5, 5.41) is -0.532. The maximum Gasteiger partial charge on any atom is 0.225 e. The standard InChI is InChI=1S/C21H34Cl2O2/c1-3-5-7-9-11-16-13-14-17(15-19(16)21(23)25)18(20(22)24)12-10-8-6-4-2/h13-14,16-19H,3-12,15H2,1-2H3. The van der Waals surface area contributed by atoms with Gasteiger partial charge in [-0.15, -0.1) is 0 Å². The number of halogens is 2. The molecule has 0 aromatic rings. The van der Waals surface area contributed by atoms with Crippen molar-refractivity contribution in [2.45, 2.75) is 84.5 Å². The summed E-state index contributed by atoms with van der Waals surface area (Å²) in [6.07, 6.45) is 16.0.